The minimum Gasteiger partial charge on any atom is -0.345 e. The highest BCUT2D eigenvalue weighted by Gasteiger charge is 2.16. The molecule has 0 unspecified atom stereocenters. The van der Waals surface area contributed by atoms with Crippen molar-refractivity contribution in [1.82, 2.24) is 14.9 Å². The zero-order valence-electron chi connectivity index (χ0n) is 16.2. The highest BCUT2D eigenvalue weighted by atomic mass is 79.9. The Bertz CT molecular complexity index is 1180. The van der Waals surface area contributed by atoms with Crippen LogP contribution in [0.2, 0.25) is 0 Å². The summed E-state index contributed by atoms with van der Waals surface area (Å²) in [5.74, 6) is -0.131. The fourth-order valence-electron chi connectivity index (χ4n) is 3.40. The normalized spacial score (nSPS) is 11.0. The Balaban J connectivity index is 1.51. The molecule has 4 aromatic rings. The van der Waals surface area contributed by atoms with Crippen molar-refractivity contribution in [3.05, 3.63) is 111 Å². The van der Waals surface area contributed by atoms with Crippen LogP contribution in [0, 0.1) is 0 Å². The van der Waals surface area contributed by atoms with Crippen molar-refractivity contribution in [3.63, 3.8) is 0 Å². The molecule has 150 valence electrons. The second kappa shape index (κ2) is 9.05. The van der Waals surface area contributed by atoms with E-state index in [0.29, 0.717) is 10.9 Å². The summed E-state index contributed by atoms with van der Waals surface area (Å²) in [6.07, 6.45) is 1.68. The molecule has 30 heavy (non-hydrogen) atoms. The van der Waals surface area contributed by atoms with Gasteiger partial charge in [0.1, 0.15) is 0 Å². The monoisotopic (exact) mass is 461 g/mol. The first-order valence-electron chi connectivity index (χ1n) is 9.66. The van der Waals surface area contributed by atoms with E-state index in [-0.39, 0.29) is 30.5 Å². The molecule has 0 aliphatic rings. The third-order valence-corrected chi connectivity index (χ3v) is 5.43. The third-order valence-electron chi connectivity index (χ3n) is 4.94. The van der Waals surface area contributed by atoms with Crippen LogP contribution in [0.25, 0.3) is 10.9 Å². The number of aromatic nitrogens is 2. The van der Waals surface area contributed by atoms with E-state index in [9.17, 15) is 9.59 Å². The number of amides is 1. The van der Waals surface area contributed by atoms with Crippen molar-refractivity contribution in [2.75, 3.05) is 0 Å². The zero-order chi connectivity index (χ0) is 20.9. The summed E-state index contributed by atoms with van der Waals surface area (Å²) in [4.78, 5) is 29.8. The molecule has 0 aliphatic heterocycles. The van der Waals surface area contributed by atoms with E-state index in [2.05, 4.69) is 26.2 Å². The predicted molar refractivity (Wildman–Crippen MR) is 121 cm³/mol. The number of nitrogens with one attached hydrogen (secondary N) is 1. The summed E-state index contributed by atoms with van der Waals surface area (Å²) in [5.41, 5.74) is 2.49. The molecule has 1 heterocycles. The van der Waals surface area contributed by atoms with Gasteiger partial charge in [-0.2, -0.15) is 0 Å². The van der Waals surface area contributed by atoms with Crippen molar-refractivity contribution in [1.29, 1.82) is 0 Å². The molecule has 1 amide bonds. The Morgan fingerprint density at radius 2 is 1.60 bits per heavy atom. The summed E-state index contributed by atoms with van der Waals surface area (Å²) in [5, 5.41) is 3.63. The SMILES string of the molecule is O=C(CCn1cnc2ccc(Br)cc2c1=O)NC(c1ccccc1)c1ccccc1. The van der Waals surface area contributed by atoms with Gasteiger partial charge in [-0.05, 0) is 29.3 Å². The van der Waals surface area contributed by atoms with Crippen LogP contribution in [-0.2, 0) is 11.3 Å². The molecule has 0 bridgehead atoms. The Kier molecular flexibility index (Phi) is 6.05. The lowest BCUT2D eigenvalue weighted by Gasteiger charge is -2.20. The van der Waals surface area contributed by atoms with Gasteiger partial charge in [0.15, 0.2) is 0 Å². The number of carbonyl (C=O) groups is 1. The Morgan fingerprint density at radius 3 is 2.23 bits per heavy atom. The molecule has 0 fully saturated rings. The van der Waals surface area contributed by atoms with Gasteiger partial charge in [-0.1, -0.05) is 76.6 Å². The van der Waals surface area contributed by atoms with Crippen LogP contribution >= 0.6 is 15.9 Å². The summed E-state index contributed by atoms with van der Waals surface area (Å²) in [6.45, 7) is 0.260. The van der Waals surface area contributed by atoms with E-state index in [0.717, 1.165) is 15.6 Å². The molecule has 5 nitrogen and oxygen atoms in total. The first kappa shape index (κ1) is 20.0. The van der Waals surface area contributed by atoms with Crippen LogP contribution in [0.3, 0.4) is 0 Å². The van der Waals surface area contributed by atoms with Gasteiger partial charge in [-0.3, -0.25) is 14.2 Å². The smallest absolute Gasteiger partial charge is 0.261 e. The number of rotatable bonds is 6. The molecule has 0 spiro atoms. The van der Waals surface area contributed by atoms with Crippen LogP contribution in [0.5, 0.6) is 0 Å². The largest absolute Gasteiger partial charge is 0.345 e. The summed E-state index contributed by atoms with van der Waals surface area (Å²) < 4.78 is 2.30. The molecular weight excluding hydrogens is 442 g/mol. The Labute approximate surface area is 182 Å². The van der Waals surface area contributed by atoms with Crippen LogP contribution in [0.4, 0.5) is 0 Å². The second-order valence-corrected chi connectivity index (χ2v) is 7.89. The number of nitrogens with zero attached hydrogens (tertiary/aromatic N) is 2. The van der Waals surface area contributed by atoms with Gasteiger partial charge in [-0.25, -0.2) is 4.98 Å². The van der Waals surface area contributed by atoms with Crippen LogP contribution in [0.1, 0.15) is 23.6 Å². The highest BCUT2D eigenvalue weighted by Crippen LogP contribution is 2.22. The molecule has 0 saturated carbocycles. The summed E-state index contributed by atoms with van der Waals surface area (Å²) >= 11 is 3.38. The van der Waals surface area contributed by atoms with Gasteiger partial charge in [0.25, 0.3) is 5.56 Å². The van der Waals surface area contributed by atoms with Crippen LogP contribution in [0.15, 0.2) is 94.5 Å². The maximum absolute atomic E-state index is 12.7. The van der Waals surface area contributed by atoms with Crippen molar-refractivity contribution in [3.8, 4) is 0 Å². The lowest BCUT2D eigenvalue weighted by molar-refractivity contribution is -0.121. The van der Waals surface area contributed by atoms with Crippen LogP contribution in [-0.4, -0.2) is 15.5 Å². The lowest BCUT2D eigenvalue weighted by atomic mass is 9.98. The van der Waals surface area contributed by atoms with Crippen LogP contribution < -0.4 is 10.9 Å². The van der Waals surface area contributed by atoms with Gasteiger partial charge in [-0.15, -0.1) is 0 Å². The van der Waals surface area contributed by atoms with Crippen molar-refractivity contribution >= 4 is 32.7 Å². The third kappa shape index (κ3) is 4.49. The summed E-state index contributed by atoms with van der Waals surface area (Å²) in [6, 6.07) is 24.8. The number of carbonyl (C=O) groups excluding carboxylic acids is 1. The predicted octanol–water partition coefficient (Wildman–Crippen LogP) is 4.45. The molecule has 0 atom stereocenters. The van der Waals surface area contributed by atoms with E-state index in [1.165, 1.54) is 10.9 Å². The molecule has 0 radical (unpaired) electrons. The van der Waals surface area contributed by atoms with Gasteiger partial charge in [0, 0.05) is 17.4 Å². The van der Waals surface area contributed by atoms with Crippen molar-refractivity contribution in [2.45, 2.75) is 19.0 Å². The number of hydrogen-bond donors (Lipinski definition) is 1. The van der Waals surface area contributed by atoms with Gasteiger partial charge >= 0.3 is 0 Å². The molecule has 4 rings (SSSR count). The minimum absolute atomic E-state index is 0.131. The number of aryl methyl sites for hydroxylation is 1. The van der Waals surface area contributed by atoms with E-state index < -0.39 is 0 Å². The molecule has 0 saturated heterocycles. The molecule has 1 N–H and O–H groups in total. The average molecular weight is 462 g/mol. The molecule has 1 aromatic heterocycles. The molecule has 0 aliphatic carbocycles. The van der Waals surface area contributed by atoms with E-state index >= 15 is 0 Å². The van der Waals surface area contributed by atoms with Crippen molar-refractivity contribution < 1.29 is 4.79 Å². The van der Waals surface area contributed by atoms with Gasteiger partial charge in [0.05, 0.1) is 23.3 Å². The van der Waals surface area contributed by atoms with E-state index in [4.69, 9.17) is 0 Å². The fraction of sp³-hybridized carbons (Fsp3) is 0.125. The second-order valence-electron chi connectivity index (χ2n) is 6.98. The van der Waals surface area contributed by atoms with E-state index in [1.807, 2.05) is 66.7 Å². The molecule has 3 aromatic carbocycles. The number of benzene rings is 3. The van der Waals surface area contributed by atoms with Gasteiger partial charge < -0.3 is 5.32 Å². The van der Waals surface area contributed by atoms with E-state index in [1.54, 1.807) is 12.1 Å². The first-order chi connectivity index (χ1) is 14.6. The number of halogens is 1. The minimum atomic E-state index is -0.248. The first-order valence-corrected chi connectivity index (χ1v) is 10.4. The highest BCUT2D eigenvalue weighted by molar-refractivity contribution is 9.10. The van der Waals surface area contributed by atoms with Crippen molar-refractivity contribution in [2.24, 2.45) is 0 Å². The fourth-order valence-corrected chi connectivity index (χ4v) is 3.76. The molecule has 6 heteroatoms. The van der Waals surface area contributed by atoms with Gasteiger partial charge in [0.2, 0.25) is 5.91 Å². The number of hydrogen-bond acceptors (Lipinski definition) is 3. The number of fused-ring (bicyclic) bond motifs is 1. The maximum atomic E-state index is 12.7. The standard InChI is InChI=1S/C24H20BrN3O2/c25-19-11-12-21-20(15-19)24(30)28(16-26-21)14-13-22(29)27-23(17-7-3-1-4-8-17)18-9-5-2-6-10-18/h1-12,15-16,23H,13-14H2,(H,27,29). The Morgan fingerprint density at radius 1 is 0.967 bits per heavy atom. The topological polar surface area (TPSA) is 64.0 Å². The average Bonchev–Trinajstić information content (AvgIpc) is 2.78. The maximum Gasteiger partial charge on any atom is 0.261 e. The molecular formula is C24H20BrN3O2. The summed E-state index contributed by atoms with van der Waals surface area (Å²) in [7, 11) is 0. The Hall–Kier alpha value is -3.25. The lowest BCUT2D eigenvalue weighted by Crippen LogP contribution is -2.31. The quantitative estimate of drug-likeness (QED) is 0.461. The zero-order valence-corrected chi connectivity index (χ0v) is 17.7.